The standard InChI is InChI=1S/C7H14OS/c1-5(2)6-3-9-4-7(6)8/h5-8H,3-4H2,1-2H3. The first kappa shape index (κ1) is 7.42. The summed E-state index contributed by atoms with van der Waals surface area (Å²) in [6, 6.07) is 0. The molecule has 54 valence electrons. The quantitative estimate of drug-likeness (QED) is 0.603. The Labute approximate surface area is 60.8 Å². The molecule has 1 aliphatic heterocycles. The lowest BCUT2D eigenvalue weighted by atomic mass is 9.93. The van der Waals surface area contributed by atoms with E-state index in [2.05, 4.69) is 13.8 Å². The SMILES string of the molecule is CC(C)C1CSCC1O. The first-order valence-electron chi connectivity index (χ1n) is 3.47. The Bertz CT molecular complexity index is 92.9. The maximum Gasteiger partial charge on any atom is 0.0669 e. The molecule has 1 heterocycles. The third-order valence-corrected chi connectivity index (χ3v) is 3.15. The molecule has 2 atom stereocenters. The average molecular weight is 146 g/mol. The van der Waals surface area contributed by atoms with Crippen molar-refractivity contribution in [1.29, 1.82) is 0 Å². The Balaban J connectivity index is 2.40. The third kappa shape index (κ3) is 1.62. The number of rotatable bonds is 1. The van der Waals surface area contributed by atoms with E-state index < -0.39 is 0 Å². The third-order valence-electron chi connectivity index (χ3n) is 1.95. The molecular weight excluding hydrogens is 132 g/mol. The van der Waals surface area contributed by atoms with Crippen LogP contribution in [0.5, 0.6) is 0 Å². The summed E-state index contributed by atoms with van der Waals surface area (Å²) in [5.74, 6) is 3.30. The van der Waals surface area contributed by atoms with Crippen LogP contribution in [-0.4, -0.2) is 22.7 Å². The van der Waals surface area contributed by atoms with Gasteiger partial charge in [0.25, 0.3) is 0 Å². The normalized spacial score (nSPS) is 36.0. The van der Waals surface area contributed by atoms with Gasteiger partial charge < -0.3 is 5.11 Å². The van der Waals surface area contributed by atoms with Crippen molar-refractivity contribution < 1.29 is 5.11 Å². The van der Waals surface area contributed by atoms with Crippen LogP contribution < -0.4 is 0 Å². The molecular formula is C7H14OS. The molecule has 0 saturated carbocycles. The molecule has 0 spiro atoms. The van der Waals surface area contributed by atoms with Gasteiger partial charge in [-0.15, -0.1) is 0 Å². The van der Waals surface area contributed by atoms with Crippen molar-refractivity contribution in [3.8, 4) is 0 Å². The molecule has 0 bridgehead atoms. The van der Waals surface area contributed by atoms with E-state index in [1.807, 2.05) is 11.8 Å². The summed E-state index contributed by atoms with van der Waals surface area (Å²) in [5, 5.41) is 9.34. The molecule has 1 saturated heterocycles. The zero-order valence-electron chi connectivity index (χ0n) is 6.00. The molecule has 0 aromatic heterocycles. The minimum atomic E-state index is -0.0324. The largest absolute Gasteiger partial charge is 0.392 e. The molecule has 0 aliphatic carbocycles. The fourth-order valence-corrected chi connectivity index (χ4v) is 2.70. The minimum absolute atomic E-state index is 0.0324. The Kier molecular flexibility index (Phi) is 2.42. The second-order valence-electron chi connectivity index (χ2n) is 3.01. The van der Waals surface area contributed by atoms with Crippen molar-refractivity contribution in [2.75, 3.05) is 11.5 Å². The lowest BCUT2D eigenvalue weighted by Crippen LogP contribution is -2.22. The highest BCUT2D eigenvalue weighted by molar-refractivity contribution is 7.99. The van der Waals surface area contributed by atoms with Crippen LogP contribution in [0.3, 0.4) is 0 Å². The summed E-state index contributed by atoms with van der Waals surface area (Å²) in [7, 11) is 0. The number of thioether (sulfide) groups is 1. The van der Waals surface area contributed by atoms with Crippen molar-refractivity contribution in [2.45, 2.75) is 20.0 Å². The zero-order valence-corrected chi connectivity index (χ0v) is 6.82. The second-order valence-corrected chi connectivity index (χ2v) is 4.09. The van der Waals surface area contributed by atoms with Gasteiger partial charge in [-0.1, -0.05) is 13.8 Å². The average Bonchev–Trinajstić information content (AvgIpc) is 2.13. The van der Waals surface area contributed by atoms with Crippen LogP contribution in [0.1, 0.15) is 13.8 Å². The first-order chi connectivity index (χ1) is 4.22. The summed E-state index contributed by atoms with van der Waals surface area (Å²) < 4.78 is 0. The van der Waals surface area contributed by atoms with E-state index in [4.69, 9.17) is 0 Å². The summed E-state index contributed by atoms with van der Waals surface area (Å²) in [6.07, 6.45) is -0.0324. The van der Waals surface area contributed by atoms with E-state index in [0.717, 1.165) is 11.5 Å². The Morgan fingerprint density at radius 1 is 1.44 bits per heavy atom. The molecule has 1 fully saturated rings. The maximum atomic E-state index is 9.34. The number of hydrogen-bond donors (Lipinski definition) is 1. The fraction of sp³-hybridized carbons (Fsp3) is 1.00. The molecule has 1 nitrogen and oxygen atoms in total. The summed E-state index contributed by atoms with van der Waals surface area (Å²) in [4.78, 5) is 0. The van der Waals surface area contributed by atoms with Crippen molar-refractivity contribution >= 4 is 11.8 Å². The van der Waals surface area contributed by atoms with E-state index in [0.29, 0.717) is 11.8 Å². The van der Waals surface area contributed by atoms with Crippen LogP contribution in [0.2, 0.25) is 0 Å². The van der Waals surface area contributed by atoms with Crippen molar-refractivity contribution in [2.24, 2.45) is 11.8 Å². The summed E-state index contributed by atoms with van der Waals surface area (Å²) >= 11 is 1.87. The van der Waals surface area contributed by atoms with E-state index in [1.54, 1.807) is 0 Å². The van der Waals surface area contributed by atoms with Crippen molar-refractivity contribution in [3.05, 3.63) is 0 Å². The van der Waals surface area contributed by atoms with Crippen molar-refractivity contribution in [1.82, 2.24) is 0 Å². The molecule has 0 aromatic carbocycles. The molecule has 0 radical (unpaired) electrons. The van der Waals surface area contributed by atoms with Crippen LogP contribution in [0.25, 0.3) is 0 Å². The first-order valence-corrected chi connectivity index (χ1v) is 4.63. The maximum absolute atomic E-state index is 9.34. The smallest absolute Gasteiger partial charge is 0.0669 e. The van der Waals surface area contributed by atoms with Crippen LogP contribution in [-0.2, 0) is 0 Å². The van der Waals surface area contributed by atoms with Crippen LogP contribution in [0.15, 0.2) is 0 Å². The van der Waals surface area contributed by atoms with Gasteiger partial charge in [-0.05, 0) is 17.6 Å². The number of aliphatic hydroxyl groups is 1. The van der Waals surface area contributed by atoms with E-state index >= 15 is 0 Å². The number of hydrogen-bond acceptors (Lipinski definition) is 2. The molecule has 9 heavy (non-hydrogen) atoms. The summed E-state index contributed by atoms with van der Waals surface area (Å²) in [6.45, 7) is 4.36. The van der Waals surface area contributed by atoms with Gasteiger partial charge in [0.05, 0.1) is 6.10 Å². The number of aliphatic hydroxyl groups excluding tert-OH is 1. The second kappa shape index (κ2) is 2.93. The van der Waals surface area contributed by atoms with E-state index in [9.17, 15) is 5.11 Å². The monoisotopic (exact) mass is 146 g/mol. The minimum Gasteiger partial charge on any atom is -0.392 e. The highest BCUT2D eigenvalue weighted by Gasteiger charge is 2.27. The molecule has 1 aliphatic rings. The van der Waals surface area contributed by atoms with Gasteiger partial charge in [-0.2, -0.15) is 11.8 Å². The molecule has 1 N–H and O–H groups in total. The molecule has 0 aromatic rings. The molecule has 1 rings (SSSR count). The van der Waals surface area contributed by atoms with Crippen LogP contribution in [0.4, 0.5) is 0 Å². The lowest BCUT2D eigenvalue weighted by Gasteiger charge is -2.16. The van der Waals surface area contributed by atoms with Gasteiger partial charge in [-0.25, -0.2) is 0 Å². The van der Waals surface area contributed by atoms with Crippen LogP contribution >= 0.6 is 11.8 Å². The van der Waals surface area contributed by atoms with Gasteiger partial charge in [-0.3, -0.25) is 0 Å². The molecule has 2 heteroatoms. The molecule has 0 amide bonds. The van der Waals surface area contributed by atoms with E-state index in [-0.39, 0.29) is 6.10 Å². The van der Waals surface area contributed by atoms with Gasteiger partial charge in [0.2, 0.25) is 0 Å². The zero-order chi connectivity index (χ0) is 6.85. The highest BCUT2D eigenvalue weighted by Crippen LogP contribution is 2.29. The van der Waals surface area contributed by atoms with Gasteiger partial charge in [0.1, 0.15) is 0 Å². The van der Waals surface area contributed by atoms with Crippen molar-refractivity contribution in [3.63, 3.8) is 0 Å². The van der Waals surface area contributed by atoms with E-state index in [1.165, 1.54) is 0 Å². The summed E-state index contributed by atoms with van der Waals surface area (Å²) in [5.41, 5.74) is 0. The lowest BCUT2D eigenvalue weighted by molar-refractivity contribution is 0.124. The van der Waals surface area contributed by atoms with Gasteiger partial charge in [0, 0.05) is 5.75 Å². The Morgan fingerprint density at radius 3 is 2.33 bits per heavy atom. The topological polar surface area (TPSA) is 20.2 Å². The Hall–Kier alpha value is 0.310. The van der Waals surface area contributed by atoms with Crippen LogP contribution in [0, 0.1) is 11.8 Å². The van der Waals surface area contributed by atoms with Gasteiger partial charge >= 0.3 is 0 Å². The predicted octanol–water partition coefficient (Wildman–Crippen LogP) is 1.37. The molecule has 2 unspecified atom stereocenters. The highest BCUT2D eigenvalue weighted by atomic mass is 32.2. The predicted molar refractivity (Wildman–Crippen MR) is 41.7 cm³/mol. The van der Waals surface area contributed by atoms with Gasteiger partial charge in [0.15, 0.2) is 0 Å². The Morgan fingerprint density at radius 2 is 2.11 bits per heavy atom. The fourth-order valence-electron chi connectivity index (χ4n) is 1.20.